The molecular formula is C8H12O5. The molecule has 74 valence electrons. The Hall–Kier alpha value is -0.940. The number of carboxylic acids is 1. The lowest BCUT2D eigenvalue weighted by Crippen LogP contribution is -2.33. The third-order valence-corrected chi connectivity index (χ3v) is 1.91. The van der Waals surface area contributed by atoms with Crippen LogP contribution in [0.3, 0.4) is 0 Å². The summed E-state index contributed by atoms with van der Waals surface area (Å²) < 4.78 is 0. The molecule has 5 nitrogen and oxygen atoms in total. The van der Waals surface area contributed by atoms with Crippen molar-refractivity contribution in [1.82, 2.24) is 0 Å². The Morgan fingerprint density at radius 1 is 1.31 bits per heavy atom. The van der Waals surface area contributed by atoms with Crippen molar-refractivity contribution in [1.29, 1.82) is 0 Å². The SMILES string of the molecule is CCCCCC(=O)C1(C(=O)O)OO1. The van der Waals surface area contributed by atoms with Crippen LogP contribution in [0.15, 0.2) is 0 Å². The van der Waals surface area contributed by atoms with Crippen LogP contribution >= 0.6 is 0 Å². The van der Waals surface area contributed by atoms with Crippen LogP contribution in [0.5, 0.6) is 0 Å². The lowest BCUT2D eigenvalue weighted by Gasteiger charge is -1.99. The average molecular weight is 188 g/mol. The Morgan fingerprint density at radius 3 is 2.31 bits per heavy atom. The van der Waals surface area contributed by atoms with E-state index >= 15 is 0 Å². The fourth-order valence-corrected chi connectivity index (χ4v) is 1.03. The second-order valence-corrected chi connectivity index (χ2v) is 2.97. The van der Waals surface area contributed by atoms with Crippen molar-refractivity contribution in [3.8, 4) is 0 Å². The Bertz CT molecular complexity index is 219. The molecule has 0 aromatic heterocycles. The summed E-state index contributed by atoms with van der Waals surface area (Å²) in [4.78, 5) is 30.1. The summed E-state index contributed by atoms with van der Waals surface area (Å²) in [5.41, 5.74) is 0. The number of carbonyl (C=O) groups excluding carboxylic acids is 1. The van der Waals surface area contributed by atoms with E-state index in [-0.39, 0.29) is 6.42 Å². The normalized spacial score (nSPS) is 18.2. The van der Waals surface area contributed by atoms with E-state index in [9.17, 15) is 9.59 Å². The van der Waals surface area contributed by atoms with Crippen molar-refractivity contribution in [3.05, 3.63) is 0 Å². The van der Waals surface area contributed by atoms with Crippen LogP contribution in [-0.2, 0) is 19.4 Å². The zero-order chi connectivity index (χ0) is 9.90. The Morgan fingerprint density at radius 2 is 1.92 bits per heavy atom. The molecule has 0 aromatic rings. The predicted octanol–water partition coefficient (Wildman–Crippen LogP) is 0.879. The van der Waals surface area contributed by atoms with E-state index in [0.717, 1.165) is 12.8 Å². The van der Waals surface area contributed by atoms with E-state index in [1.165, 1.54) is 0 Å². The Balaban J connectivity index is 2.35. The first-order valence-corrected chi connectivity index (χ1v) is 4.27. The second kappa shape index (κ2) is 3.85. The summed E-state index contributed by atoms with van der Waals surface area (Å²) in [5, 5.41) is 8.56. The molecule has 13 heavy (non-hydrogen) atoms. The van der Waals surface area contributed by atoms with Gasteiger partial charge in [0.25, 0.3) is 0 Å². The van der Waals surface area contributed by atoms with Crippen LogP contribution in [-0.4, -0.2) is 22.6 Å². The zero-order valence-electron chi connectivity index (χ0n) is 7.41. The number of unbranched alkanes of at least 4 members (excludes halogenated alkanes) is 2. The van der Waals surface area contributed by atoms with Crippen molar-refractivity contribution >= 4 is 11.8 Å². The van der Waals surface area contributed by atoms with Gasteiger partial charge in [0.15, 0.2) is 0 Å². The minimum Gasteiger partial charge on any atom is -0.477 e. The monoisotopic (exact) mass is 188 g/mol. The molecule has 1 N–H and O–H groups in total. The van der Waals surface area contributed by atoms with Crippen LogP contribution in [0.1, 0.15) is 32.6 Å². The van der Waals surface area contributed by atoms with E-state index in [0.29, 0.717) is 6.42 Å². The van der Waals surface area contributed by atoms with Crippen molar-refractivity contribution in [3.63, 3.8) is 0 Å². The molecule has 1 heterocycles. The molecule has 5 heteroatoms. The molecule has 0 aliphatic carbocycles. The van der Waals surface area contributed by atoms with Gasteiger partial charge < -0.3 is 5.11 Å². The summed E-state index contributed by atoms with van der Waals surface area (Å²) in [7, 11) is 0. The van der Waals surface area contributed by atoms with Gasteiger partial charge >= 0.3 is 11.8 Å². The highest BCUT2D eigenvalue weighted by molar-refractivity contribution is 6.06. The maximum atomic E-state index is 11.2. The van der Waals surface area contributed by atoms with Crippen molar-refractivity contribution < 1.29 is 24.5 Å². The van der Waals surface area contributed by atoms with Crippen LogP contribution in [0.4, 0.5) is 0 Å². The number of Topliss-reactive ketones (excluding diaryl/α,β-unsaturated/α-hetero) is 1. The molecule has 0 unspecified atom stereocenters. The quantitative estimate of drug-likeness (QED) is 0.289. The maximum Gasteiger partial charge on any atom is 0.385 e. The van der Waals surface area contributed by atoms with Gasteiger partial charge in [0.1, 0.15) is 0 Å². The van der Waals surface area contributed by atoms with Gasteiger partial charge in [-0.15, -0.1) is 0 Å². The van der Waals surface area contributed by atoms with E-state index in [1.807, 2.05) is 6.92 Å². The molecule has 1 aliphatic heterocycles. The molecule has 0 radical (unpaired) electrons. The molecule has 0 saturated carbocycles. The molecule has 1 saturated heterocycles. The zero-order valence-corrected chi connectivity index (χ0v) is 7.41. The molecule has 0 aromatic carbocycles. The Labute approximate surface area is 75.6 Å². The van der Waals surface area contributed by atoms with Crippen molar-refractivity contribution in [2.24, 2.45) is 0 Å². The molecule has 0 bridgehead atoms. The smallest absolute Gasteiger partial charge is 0.385 e. The summed E-state index contributed by atoms with van der Waals surface area (Å²) in [6.45, 7) is 2.00. The molecular weight excluding hydrogens is 176 g/mol. The van der Waals surface area contributed by atoms with Crippen molar-refractivity contribution in [2.45, 2.75) is 38.4 Å². The number of rotatable bonds is 6. The first kappa shape index (κ1) is 10.1. The van der Waals surface area contributed by atoms with Crippen LogP contribution in [0.25, 0.3) is 0 Å². The largest absolute Gasteiger partial charge is 0.477 e. The predicted molar refractivity (Wildman–Crippen MR) is 41.7 cm³/mol. The van der Waals surface area contributed by atoms with Crippen LogP contribution in [0.2, 0.25) is 0 Å². The highest BCUT2D eigenvalue weighted by atomic mass is 17.4. The third kappa shape index (κ3) is 2.05. The fourth-order valence-electron chi connectivity index (χ4n) is 1.03. The first-order valence-electron chi connectivity index (χ1n) is 4.27. The molecule has 0 atom stereocenters. The highest BCUT2D eigenvalue weighted by Gasteiger charge is 2.63. The molecule has 1 fully saturated rings. The Kier molecular flexibility index (Phi) is 3.00. The van der Waals surface area contributed by atoms with Gasteiger partial charge in [0, 0.05) is 6.42 Å². The number of ketones is 1. The van der Waals surface area contributed by atoms with Gasteiger partial charge in [0.2, 0.25) is 5.78 Å². The lowest BCUT2D eigenvalue weighted by molar-refractivity contribution is -0.149. The van der Waals surface area contributed by atoms with Gasteiger partial charge in [0.05, 0.1) is 0 Å². The maximum absolute atomic E-state index is 11.2. The third-order valence-electron chi connectivity index (χ3n) is 1.91. The first-order chi connectivity index (χ1) is 6.13. The molecule has 1 rings (SSSR count). The van der Waals surface area contributed by atoms with E-state index < -0.39 is 17.5 Å². The van der Waals surface area contributed by atoms with Gasteiger partial charge in [-0.1, -0.05) is 19.8 Å². The summed E-state index contributed by atoms with van der Waals surface area (Å²) >= 11 is 0. The summed E-state index contributed by atoms with van der Waals surface area (Å²) in [6, 6.07) is 0. The summed E-state index contributed by atoms with van der Waals surface area (Å²) in [5.74, 6) is -3.84. The van der Waals surface area contributed by atoms with Gasteiger partial charge in [-0.05, 0) is 6.42 Å². The standard InChI is InChI=1S/C8H12O5/c1-2-3-4-5-6(9)8(7(10)11)12-13-8/h2-5H2,1H3,(H,10,11). The number of carboxylic acid groups (broad SMARTS) is 1. The highest BCUT2D eigenvalue weighted by Crippen LogP contribution is 2.32. The number of hydrogen-bond donors (Lipinski definition) is 1. The second-order valence-electron chi connectivity index (χ2n) is 2.97. The number of aliphatic carboxylic acids is 1. The number of hydrogen-bond acceptors (Lipinski definition) is 4. The molecule has 0 spiro atoms. The summed E-state index contributed by atoms with van der Waals surface area (Å²) in [6.07, 6.45) is 2.76. The topological polar surface area (TPSA) is 79.4 Å². The van der Waals surface area contributed by atoms with E-state index in [4.69, 9.17) is 5.11 Å². The van der Waals surface area contributed by atoms with Crippen LogP contribution in [0, 0.1) is 0 Å². The van der Waals surface area contributed by atoms with Gasteiger partial charge in [-0.2, -0.15) is 9.78 Å². The van der Waals surface area contributed by atoms with E-state index in [2.05, 4.69) is 9.78 Å². The fraction of sp³-hybridized carbons (Fsp3) is 0.750. The van der Waals surface area contributed by atoms with E-state index in [1.54, 1.807) is 0 Å². The number of carbonyl (C=O) groups is 2. The minimum absolute atomic E-state index is 0.195. The average Bonchev–Trinajstić information content (AvgIpc) is 2.84. The molecule has 0 amide bonds. The van der Waals surface area contributed by atoms with Crippen LogP contribution < -0.4 is 0 Å². The van der Waals surface area contributed by atoms with Gasteiger partial charge in [-0.3, -0.25) is 4.79 Å². The van der Waals surface area contributed by atoms with Gasteiger partial charge in [-0.25, -0.2) is 4.79 Å². The van der Waals surface area contributed by atoms with Crippen molar-refractivity contribution in [2.75, 3.05) is 0 Å². The minimum atomic E-state index is -1.96. The lowest BCUT2D eigenvalue weighted by atomic mass is 10.1. The molecule has 1 aliphatic rings.